The molecule has 1 aromatic heterocycles. The minimum absolute atomic E-state index is 0.212. The Bertz CT molecular complexity index is 863. The number of methoxy groups -OCH3 is 1. The molecular weight excluding hydrogens is 306 g/mol. The van der Waals surface area contributed by atoms with Crippen molar-refractivity contribution in [2.45, 2.75) is 0 Å². The van der Waals surface area contributed by atoms with Gasteiger partial charge >= 0.3 is 5.97 Å². The number of carboxylic acids is 1. The lowest BCUT2D eigenvalue weighted by Crippen LogP contribution is -2.00. The molecule has 3 aromatic rings. The molecule has 0 atom stereocenters. The minimum Gasteiger partial charge on any atom is -0.497 e. The molecule has 0 saturated heterocycles. The lowest BCUT2D eigenvalue weighted by Gasteiger charge is -2.08. The summed E-state index contributed by atoms with van der Waals surface area (Å²) in [5.41, 5.74) is 1.72. The van der Waals surface area contributed by atoms with Crippen LogP contribution in [-0.4, -0.2) is 28.2 Å². The molecule has 0 aliphatic heterocycles. The van der Waals surface area contributed by atoms with Gasteiger partial charge in [0.05, 0.1) is 12.7 Å². The molecule has 2 aromatic carbocycles. The number of nitrogens with zero attached hydrogens (tertiary/aromatic N) is 2. The molecule has 0 amide bonds. The van der Waals surface area contributed by atoms with E-state index in [4.69, 9.17) is 9.84 Å². The van der Waals surface area contributed by atoms with Gasteiger partial charge in [0.1, 0.15) is 11.6 Å². The first-order valence-corrected chi connectivity index (χ1v) is 7.23. The summed E-state index contributed by atoms with van der Waals surface area (Å²) in [5, 5.41) is 12.1. The third-order valence-corrected chi connectivity index (χ3v) is 3.39. The van der Waals surface area contributed by atoms with Crippen molar-refractivity contribution in [3.8, 4) is 17.1 Å². The van der Waals surface area contributed by atoms with E-state index in [1.165, 1.54) is 6.07 Å². The third kappa shape index (κ3) is 3.49. The van der Waals surface area contributed by atoms with Crippen LogP contribution in [0.4, 0.5) is 11.5 Å². The number of hydrogen-bond acceptors (Lipinski definition) is 5. The molecule has 0 aliphatic rings. The molecule has 0 bridgehead atoms. The maximum absolute atomic E-state index is 11.0. The standard InChI is InChI=1S/C18H15N3O3/c1-24-15-7-5-12(6-8-15)17-19-10-9-16(21-17)20-14-4-2-3-13(11-14)18(22)23/h2-11H,1H3,(H,22,23)(H,19,20,21). The lowest BCUT2D eigenvalue weighted by molar-refractivity contribution is 0.0697. The number of carboxylic acid groups (broad SMARTS) is 1. The number of nitrogens with one attached hydrogen (secondary N) is 1. The number of benzene rings is 2. The molecule has 0 unspecified atom stereocenters. The van der Waals surface area contributed by atoms with Crippen molar-refractivity contribution in [2.75, 3.05) is 12.4 Å². The fourth-order valence-electron chi connectivity index (χ4n) is 2.19. The number of rotatable bonds is 5. The van der Waals surface area contributed by atoms with E-state index in [1.54, 1.807) is 37.6 Å². The maximum Gasteiger partial charge on any atom is 0.335 e. The zero-order valence-electron chi connectivity index (χ0n) is 12.9. The van der Waals surface area contributed by atoms with Gasteiger partial charge in [-0.05, 0) is 48.5 Å². The Morgan fingerprint density at radius 3 is 2.62 bits per heavy atom. The largest absolute Gasteiger partial charge is 0.497 e. The molecule has 3 rings (SSSR count). The Balaban J connectivity index is 1.85. The Kier molecular flexibility index (Phi) is 4.38. The summed E-state index contributed by atoms with van der Waals surface area (Å²) >= 11 is 0. The van der Waals surface area contributed by atoms with Crippen molar-refractivity contribution >= 4 is 17.5 Å². The van der Waals surface area contributed by atoms with E-state index in [2.05, 4.69) is 15.3 Å². The van der Waals surface area contributed by atoms with Crippen LogP contribution in [0.3, 0.4) is 0 Å². The smallest absolute Gasteiger partial charge is 0.335 e. The van der Waals surface area contributed by atoms with E-state index in [0.717, 1.165) is 11.3 Å². The zero-order valence-corrected chi connectivity index (χ0v) is 12.9. The highest BCUT2D eigenvalue weighted by molar-refractivity contribution is 5.89. The van der Waals surface area contributed by atoms with Crippen LogP contribution in [0, 0.1) is 0 Å². The summed E-state index contributed by atoms with van der Waals surface area (Å²) in [6.07, 6.45) is 1.65. The SMILES string of the molecule is COc1ccc(-c2nccc(Nc3cccc(C(=O)O)c3)n2)cc1. The van der Waals surface area contributed by atoms with Crippen LogP contribution < -0.4 is 10.1 Å². The van der Waals surface area contributed by atoms with Crippen molar-refractivity contribution in [2.24, 2.45) is 0 Å². The average molecular weight is 321 g/mol. The van der Waals surface area contributed by atoms with Crippen molar-refractivity contribution in [1.82, 2.24) is 9.97 Å². The summed E-state index contributed by atoms with van der Waals surface area (Å²) < 4.78 is 5.14. The predicted molar refractivity (Wildman–Crippen MR) is 90.7 cm³/mol. The van der Waals surface area contributed by atoms with Gasteiger partial charge in [-0.1, -0.05) is 6.07 Å². The first kappa shape index (κ1) is 15.5. The average Bonchev–Trinajstić information content (AvgIpc) is 2.62. The number of carbonyl (C=O) groups is 1. The van der Waals surface area contributed by atoms with Gasteiger partial charge < -0.3 is 15.2 Å². The van der Waals surface area contributed by atoms with E-state index in [0.29, 0.717) is 17.3 Å². The molecule has 6 nitrogen and oxygen atoms in total. The van der Waals surface area contributed by atoms with E-state index in [9.17, 15) is 4.79 Å². The first-order chi connectivity index (χ1) is 11.7. The number of aromatic carboxylic acids is 1. The van der Waals surface area contributed by atoms with Crippen LogP contribution in [0.5, 0.6) is 5.75 Å². The molecule has 0 spiro atoms. The molecule has 24 heavy (non-hydrogen) atoms. The quantitative estimate of drug-likeness (QED) is 0.747. The van der Waals surface area contributed by atoms with Crippen LogP contribution >= 0.6 is 0 Å². The van der Waals surface area contributed by atoms with Gasteiger partial charge in [0.2, 0.25) is 0 Å². The molecule has 2 N–H and O–H groups in total. The van der Waals surface area contributed by atoms with Crippen molar-refractivity contribution in [3.63, 3.8) is 0 Å². The molecule has 0 saturated carbocycles. The maximum atomic E-state index is 11.0. The molecule has 1 heterocycles. The lowest BCUT2D eigenvalue weighted by atomic mass is 10.2. The monoisotopic (exact) mass is 321 g/mol. The van der Waals surface area contributed by atoms with Gasteiger partial charge in [-0.15, -0.1) is 0 Å². The van der Waals surface area contributed by atoms with Crippen molar-refractivity contribution in [1.29, 1.82) is 0 Å². The van der Waals surface area contributed by atoms with E-state index in [-0.39, 0.29) is 5.56 Å². The topological polar surface area (TPSA) is 84.3 Å². The second kappa shape index (κ2) is 6.78. The van der Waals surface area contributed by atoms with E-state index in [1.807, 2.05) is 24.3 Å². The molecule has 0 radical (unpaired) electrons. The van der Waals surface area contributed by atoms with Crippen LogP contribution in [0.2, 0.25) is 0 Å². The fraction of sp³-hybridized carbons (Fsp3) is 0.0556. The number of hydrogen-bond donors (Lipinski definition) is 2. The zero-order chi connectivity index (χ0) is 16.9. The highest BCUT2D eigenvalue weighted by atomic mass is 16.5. The van der Waals surface area contributed by atoms with Crippen molar-refractivity contribution < 1.29 is 14.6 Å². The molecule has 120 valence electrons. The highest BCUT2D eigenvalue weighted by Crippen LogP contribution is 2.21. The summed E-state index contributed by atoms with van der Waals surface area (Å²) in [4.78, 5) is 19.8. The third-order valence-electron chi connectivity index (χ3n) is 3.39. The Labute approximate surface area is 138 Å². The first-order valence-electron chi connectivity index (χ1n) is 7.23. The van der Waals surface area contributed by atoms with Crippen LogP contribution in [0.1, 0.15) is 10.4 Å². The van der Waals surface area contributed by atoms with Gasteiger partial charge in [-0.2, -0.15) is 0 Å². The summed E-state index contributed by atoms with van der Waals surface area (Å²) in [6, 6.07) is 15.7. The van der Waals surface area contributed by atoms with E-state index < -0.39 is 5.97 Å². The summed E-state index contributed by atoms with van der Waals surface area (Å²) in [5.74, 6) is 0.939. The van der Waals surface area contributed by atoms with Crippen molar-refractivity contribution in [3.05, 3.63) is 66.4 Å². The molecular formula is C18H15N3O3. The minimum atomic E-state index is -0.972. The number of ether oxygens (including phenoxy) is 1. The van der Waals surface area contributed by atoms with Gasteiger partial charge in [0.15, 0.2) is 5.82 Å². The van der Waals surface area contributed by atoms with E-state index >= 15 is 0 Å². The number of aromatic nitrogens is 2. The van der Waals surface area contributed by atoms with Gasteiger partial charge in [0.25, 0.3) is 0 Å². The second-order valence-corrected chi connectivity index (χ2v) is 5.00. The van der Waals surface area contributed by atoms with Crippen LogP contribution in [-0.2, 0) is 0 Å². The highest BCUT2D eigenvalue weighted by Gasteiger charge is 2.06. The summed E-state index contributed by atoms with van der Waals surface area (Å²) in [6.45, 7) is 0. The van der Waals surface area contributed by atoms with Crippen LogP contribution in [0.25, 0.3) is 11.4 Å². The van der Waals surface area contributed by atoms with Gasteiger partial charge in [-0.25, -0.2) is 14.8 Å². The molecule has 0 aliphatic carbocycles. The Hall–Kier alpha value is -3.41. The fourth-order valence-corrected chi connectivity index (χ4v) is 2.19. The summed E-state index contributed by atoms with van der Waals surface area (Å²) in [7, 11) is 1.61. The second-order valence-electron chi connectivity index (χ2n) is 5.00. The number of anilines is 2. The molecule has 6 heteroatoms. The van der Waals surface area contributed by atoms with Crippen LogP contribution in [0.15, 0.2) is 60.8 Å². The predicted octanol–water partition coefficient (Wildman–Crippen LogP) is 3.59. The normalized spacial score (nSPS) is 10.2. The molecule has 0 fully saturated rings. The Morgan fingerprint density at radius 1 is 1.12 bits per heavy atom. The van der Waals surface area contributed by atoms with Gasteiger partial charge in [-0.3, -0.25) is 0 Å². The Morgan fingerprint density at radius 2 is 1.92 bits per heavy atom. The van der Waals surface area contributed by atoms with Gasteiger partial charge in [0, 0.05) is 17.4 Å².